The Labute approximate surface area is 125 Å². The van der Waals surface area contributed by atoms with Gasteiger partial charge in [0, 0.05) is 13.0 Å². The van der Waals surface area contributed by atoms with Crippen molar-refractivity contribution in [1.82, 2.24) is 0 Å². The SMILES string of the molecule is CO[C@@H]1C[C@@H](c2ccc3ccccc3c2)c2ccccc21. The molecule has 1 heteroatoms. The Balaban J connectivity index is 1.82. The molecule has 0 N–H and O–H groups in total. The van der Waals surface area contributed by atoms with Crippen LogP contribution in [0.2, 0.25) is 0 Å². The van der Waals surface area contributed by atoms with Crippen LogP contribution in [0.25, 0.3) is 10.8 Å². The maximum atomic E-state index is 5.68. The largest absolute Gasteiger partial charge is 0.377 e. The van der Waals surface area contributed by atoms with Gasteiger partial charge in [0.1, 0.15) is 0 Å². The van der Waals surface area contributed by atoms with Crippen LogP contribution in [0, 0.1) is 0 Å². The van der Waals surface area contributed by atoms with Gasteiger partial charge in [0.2, 0.25) is 0 Å². The lowest BCUT2D eigenvalue weighted by Gasteiger charge is -2.13. The van der Waals surface area contributed by atoms with Gasteiger partial charge in [0.15, 0.2) is 0 Å². The van der Waals surface area contributed by atoms with Crippen LogP contribution in [0.5, 0.6) is 0 Å². The van der Waals surface area contributed by atoms with Crippen molar-refractivity contribution in [3.05, 3.63) is 83.4 Å². The lowest BCUT2D eigenvalue weighted by Crippen LogP contribution is -1.97. The predicted molar refractivity (Wildman–Crippen MR) is 86.6 cm³/mol. The molecule has 1 nitrogen and oxygen atoms in total. The Morgan fingerprint density at radius 3 is 2.33 bits per heavy atom. The molecule has 0 amide bonds. The molecule has 1 aliphatic rings. The second kappa shape index (κ2) is 5.01. The van der Waals surface area contributed by atoms with E-state index in [-0.39, 0.29) is 6.10 Å². The average molecular weight is 274 g/mol. The van der Waals surface area contributed by atoms with Crippen molar-refractivity contribution in [3.8, 4) is 0 Å². The van der Waals surface area contributed by atoms with Gasteiger partial charge in [0.25, 0.3) is 0 Å². The van der Waals surface area contributed by atoms with Crippen LogP contribution in [0.4, 0.5) is 0 Å². The van der Waals surface area contributed by atoms with Crippen LogP contribution < -0.4 is 0 Å². The van der Waals surface area contributed by atoms with E-state index >= 15 is 0 Å². The Hall–Kier alpha value is -2.12. The molecule has 0 aliphatic heterocycles. The zero-order valence-electron chi connectivity index (χ0n) is 12.1. The summed E-state index contributed by atoms with van der Waals surface area (Å²) in [4.78, 5) is 0. The Kier molecular flexibility index (Phi) is 3.01. The van der Waals surface area contributed by atoms with Gasteiger partial charge in [-0.2, -0.15) is 0 Å². The lowest BCUT2D eigenvalue weighted by atomic mass is 9.91. The first kappa shape index (κ1) is 12.6. The molecule has 0 unspecified atom stereocenters. The van der Waals surface area contributed by atoms with Gasteiger partial charge in [0.05, 0.1) is 6.10 Å². The Bertz CT molecular complexity index is 790. The van der Waals surface area contributed by atoms with E-state index in [0.717, 1.165) is 6.42 Å². The predicted octanol–water partition coefficient (Wildman–Crippen LogP) is 5.06. The third-order valence-corrected chi connectivity index (χ3v) is 4.63. The molecule has 104 valence electrons. The van der Waals surface area contributed by atoms with Crippen molar-refractivity contribution in [2.45, 2.75) is 18.4 Å². The minimum absolute atomic E-state index is 0.220. The summed E-state index contributed by atoms with van der Waals surface area (Å²) in [6.07, 6.45) is 1.26. The molecule has 2 atom stereocenters. The molecule has 0 fully saturated rings. The highest BCUT2D eigenvalue weighted by Gasteiger charge is 2.31. The summed E-state index contributed by atoms with van der Waals surface area (Å²) in [5, 5.41) is 2.61. The molecule has 21 heavy (non-hydrogen) atoms. The van der Waals surface area contributed by atoms with Crippen molar-refractivity contribution in [2.75, 3.05) is 7.11 Å². The molecule has 0 radical (unpaired) electrons. The Morgan fingerprint density at radius 1 is 0.810 bits per heavy atom. The molecule has 1 aliphatic carbocycles. The molecular weight excluding hydrogens is 256 g/mol. The van der Waals surface area contributed by atoms with Gasteiger partial charge >= 0.3 is 0 Å². The summed E-state index contributed by atoms with van der Waals surface area (Å²) in [5.41, 5.74) is 4.15. The molecule has 0 spiro atoms. The summed E-state index contributed by atoms with van der Waals surface area (Å²) in [6.45, 7) is 0. The second-order valence-electron chi connectivity index (χ2n) is 5.75. The highest BCUT2D eigenvalue weighted by Crippen LogP contribution is 2.45. The zero-order chi connectivity index (χ0) is 14.2. The summed E-state index contributed by atoms with van der Waals surface area (Å²) >= 11 is 0. The summed E-state index contributed by atoms with van der Waals surface area (Å²) < 4.78 is 5.68. The molecule has 4 rings (SSSR count). The third-order valence-electron chi connectivity index (χ3n) is 4.63. The van der Waals surface area contributed by atoms with Crippen LogP contribution >= 0.6 is 0 Å². The van der Waals surface area contributed by atoms with Crippen molar-refractivity contribution in [1.29, 1.82) is 0 Å². The van der Waals surface area contributed by atoms with E-state index in [1.54, 1.807) is 0 Å². The summed E-state index contributed by atoms with van der Waals surface area (Å²) in [6, 6.07) is 24.1. The highest BCUT2D eigenvalue weighted by atomic mass is 16.5. The minimum Gasteiger partial charge on any atom is -0.377 e. The standard InChI is InChI=1S/C20H18O/c1-21-20-13-19(17-8-4-5-9-18(17)20)16-11-10-14-6-2-3-7-15(14)12-16/h2-12,19-20H,13H2,1H3/t19-,20+/m0/s1. The molecule has 0 saturated carbocycles. The maximum absolute atomic E-state index is 5.68. The normalized spacial score (nSPS) is 20.6. The second-order valence-corrected chi connectivity index (χ2v) is 5.75. The molecule has 0 heterocycles. The summed E-state index contributed by atoms with van der Waals surface area (Å²) in [7, 11) is 1.81. The van der Waals surface area contributed by atoms with Crippen molar-refractivity contribution in [3.63, 3.8) is 0 Å². The monoisotopic (exact) mass is 274 g/mol. The van der Waals surface area contributed by atoms with Gasteiger partial charge in [-0.15, -0.1) is 0 Å². The molecule has 0 aromatic heterocycles. The number of hydrogen-bond acceptors (Lipinski definition) is 1. The van der Waals surface area contributed by atoms with Crippen molar-refractivity contribution in [2.24, 2.45) is 0 Å². The Morgan fingerprint density at radius 2 is 1.52 bits per heavy atom. The molecule has 3 aromatic rings. The first-order chi connectivity index (χ1) is 10.4. The van der Waals surface area contributed by atoms with Crippen LogP contribution in [0.3, 0.4) is 0 Å². The van der Waals surface area contributed by atoms with Gasteiger partial charge in [-0.25, -0.2) is 0 Å². The van der Waals surface area contributed by atoms with E-state index in [0.29, 0.717) is 5.92 Å². The number of methoxy groups -OCH3 is 1. The van der Waals surface area contributed by atoms with E-state index < -0.39 is 0 Å². The number of fused-ring (bicyclic) bond motifs is 2. The molecule has 0 saturated heterocycles. The summed E-state index contributed by atoms with van der Waals surface area (Å²) in [5.74, 6) is 0.441. The van der Waals surface area contributed by atoms with Gasteiger partial charge in [-0.3, -0.25) is 0 Å². The fourth-order valence-corrected chi connectivity index (χ4v) is 3.55. The van der Waals surface area contributed by atoms with Crippen molar-refractivity contribution < 1.29 is 4.74 Å². The zero-order valence-corrected chi connectivity index (χ0v) is 12.1. The van der Waals surface area contributed by atoms with E-state index in [4.69, 9.17) is 4.74 Å². The van der Waals surface area contributed by atoms with Crippen LogP contribution in [-0.2, 0) is 4.74 Å². The number of hydrogen-bond donors (Lipinski definition) is 0. The minimum atomic E-state index is 0.220. The van der Waals surface area contributed by atoms with Crippen LogP contribution in [-0.4, -0.2) is 7.11 Å². The van der Waals surface area contributed by atoms with Gasteiger partial charge in [-0.05, 0) is 33.9 Å². The first-order valence-corrected chi connectivity index (χ1v) is 7.47. The van der Waals surface area contributed by atoms with E-state index in [1.165, 1.54) is 27.5 Å². The third kappa shape index (κ3) is 2.05. The number of ether oxygens (including phenoxy) is 1. The molecular formula is C20H18O. The topological polar surface area (TPSA) is 9.23 Å². The lowest BCUT2D eigenvalue weighted by molar-refractivity contribution is 0.102. The average Bonchev–Trinajstić information content (AvgIpc) is 2.93. The molecule has 0 bridgehead atoms. The van der Waals surface area contributed by atoms with Crippen LogP contribution in [0.1, 0.15) is 35.1 Å². The highest BCUT2D eigenvalue weighted by molar-refractivity contribution is 5.83. The van der Waals surface area contributed by atoms with E-state index in [2.05, 4.69) is 66.7 Å². The first-order valence-electron chi connectivity index (χ1n) is 7.47. The van der Waals surface area contributed by atoms with Crippen LogP contribution in [0.15, 0.2) is 66.7 Å². The van der Waals surface area contributed by atoms with E-state index in [9.17, 15) is 0 Å². The number of benzene rings is 3. The smallest absolute Gasteiger partial charge is 0.0833 e. The van der Waals surface area contributed by atoms with Crippen molar-refractivity contribution >= 4 is 10.8 Å². The fraction of sp³-hybridized carbons (Fsp3) is 0.200. The number of rotatable bonds is 2. The molecule has 3 aromatic carbocycles. The van der Waals surface area contributed by atoms with Gasteiger partial charge in [-0.1, -0.05) is 66.7 Å². The quantitative estimate of drug-likeness (QED) is 0.634. The van der Waals surface area contributed by atoms with Gasteiger partial charge < -0.3 is 4.74 Å². The maximum Gasteiger partial charge on any atom is 0.0833 e. The van der Waals surface area contributed by atoms with E-state index in [1.807, 2.05) is 7.11 Å². The fourth-order valence-electron chi connectivity index (χ4n) is 3.55.